The number of fused-ring (bicyclic) bond motifs is 2. The smallest absolute Gasteiger partial charge is 0.0620 e. The van der Waals surface area contributed by atoms with Crippen LogP contribution in [0.2, 0.25) is 0 Å². The lowest BCUT2D eigenvalue weighted by atomic mass is 10.1. The lowest BCUT2D eigenvalue weighted by Gasteiger charge is -2.28. The Bertz CT molecular complexity index is 104. The molecular formula is C8H15NO. The fourth-order valence-electron chi connectivity index (χ4n) is 1.90. The minimum Gasteiger partial charge on any atom is -0.378 e. The Morgan fingerprint density at radius 3 is 2.20 bits per heavy atom. The molecule has 2 heteroatoms. The molecule has 0 spiro atoms. The molecule has 2 nitrogen and oxygen atoms in total. The predicted octanol–water partition coefficient (Wildman–Crippen LogP) is 0.917. The molecule has 2 heterocycles. The first kappa shape index (κ1) is 6.62. The van der Waals surface area contributed by atoms with Gasteiger partial charge in [0.15, 0.2) is 0 Å². The molecule has 0 saturated carbocycles. The van der Waals surface area contributed by atoms with E-state index in [0.717, 1.165) is 13.2 Å². The Morgan fingerprint density at radius 2 is 1.60 bits per heavy atom. The second kappa shape index (κ2) is 2.89. The van der Waals surface area contributed by atoms with Crippen LogP contribution in [0, 0.1) is 0 Å². The van der Waals surface area contributed by atoms with Gasteiger partial charge in [-0.15, -0.1) is 0 Å². The summed E-state index contributed by atoms with van der Waals surface area (Å²) in [5.74, 6) is 0. The van der Waals surface area contributed by atoms with E-state index in [1.54, 1.807) is 0 Å². The maximum absolute atomic E-state index is 5.45. The zero-order chi connectivity index (χ0) is 6.81. The lowest BCUT2D eigenvalue weighted by molar-refractivity contribution is 0.0476. The maximum atomic E-state index is 5.45. The Kier molecular flexibility index (Phi) is 1.91. The van der Waals surface area contributed by atoms with Crippen LogP contribution in [0.1, 0.15) is 25.7 Å². The minimum atomic E-state index is 0.668. The van der Waals surface area contributed by atoms with Gasteiger partial charge in [0, 0.05) is 12.1 Å². The second-order valence-corrected chi connectivity index (χ2v) is 3.38. The molecule has 2 aliphatic rings. The highest BCUT2D eigenvalue weighted by atomic mass is 16.5. The molecule has 0 aromatic heterocycles. The quantitative estimate of drug-likeness (QED) is 0.541. The van der Waals surface area contributed by atoms with Crippen LogP contribution in [0.15, 0.2) is 0 Å². The molecule has 2 unspecified atom stereocenters. The first-order valence-electron chi connectivity index (χ1n) is 4.29. The second-order valence-electron chi connectivity index (χ2n) is 3.38. The monoisotopic (exact) mass is 141 g/mol. The molecule has 0 radical (unpaired) electrons. The van der Waals surface area contributed by atoms with Gasteiger partial charge in [-0.1, -0.05) is 12.8 Å². The van der Waals surface area contributed by atoms with Crippen LogP contribution in [0.25, 0.3) is 0 Å². The summed E-state index contributed by atoms with van der Waals surface area (Å²) in [6.45, 7) is 1.88. The summed E-state index contributed by atoms with van der Waals surface area (Å²) < 4.78 is 5.45. The highest BCUT2D eigenvalue weighted by Gasteiger charge is 2.23. The number of morpholine rings is 1. The van der Waals surface area contributed by atoms with Gasteiger partial charge in [-0.2, -0.15) is 0 Å². The molecule has 2 bridgehead atoms. The van der Waals surface area contributed by atoms with Crippen LogP contribution in [-0.4, -0.2) is 25.3 Å². The fourth-order valence-corrected chi connectivity index (χ4v) is 1.90. The number of nitrogens with one attached hydrogen (secondary N) is 1. The number of ether oxygens (including phenoxy) is 1. The fraction of sp³-hybridized carbons (Fsp3) is 1.00. The molecule has 1 N–H and O–H groups in total. The third-order valence-electron chi connectivity index (χ3n) is 2.46. The van der Waals surface area contributed by atoms with Gasteiger partial charge in [0.25, 0.3) is 0 Å². The van der Waals surface area contributed by atoms with E-state index in [4.69, 9.17) is 4.74 Å². The van der Waals surface area contributed by atoms with E-state index < -0.39 is 0 Å². The Balaban J connectivity index is 1.96. The molecule has 10 heavy (non-hydrogen) atoms. The normalized spacial score (nSPS) is 40.8. The molecule has 2 atom stereocenters. The van der Waals surface area contributed by atoms with Crippen LogP contribution in [0.5, 0.6) is 0 Å². The van der Waals surface area contributed by atoms with Gasteiger partial charge < -0.3 is 10.1 Å². The molecule has 2 saturated heterocycles. The van der Waals surface area contributed by atoms with E-state index in [1.807, 2.05) is 0 Å². The minimum absolute atomic E-state index is 0.668. The molecule has 0 aliphatic carbocycles. The van der Waals surface area contributed by atoms with Crippen LogP contribution in [-0.2, 0) is 4.74 Å². The average molecular weight is 141 g/mol. The SMILES string of the molecule is C1CCC2COCC(C1)N2. The van der Waals surface area contributed by atoms with Gasteiger partial charge in [-0.25, -0.2) is 0 Å². The van der Waals surface area contributed by atoms with Gasteiger partial charge in [-0.05, 0) is 12.8 Å². The van der Waals surface area contributed by atoms with Gasteiger partial charge in [0.1, 0.15) is 0 Å². The van der Waals surface area contributed by atoms with E-state index in [2.05, 4.69) is 5.32 Å². The molecular weight excluding hydrogens is 126 g/mol. The van der Waals surface area contributed by atoms with Crippen LogP contribution < -0.4 is 5.32 Å². The van der Waals surface area contributed by atoms with E-state index in [0.29, 0.717) is 12.1 Å². The molecule has 0 aromatic carbocycles. The molecule has 58 valence electrons. The summed E-state index contributed by atoms with van der Waals surface area (Å²) in [4.78, 5) is 0. The molecule has 2 rings (SSSR count). The van der Waals surface area contributed by atoms with Gasteiger partial charge >= 0.3 is 0 Å². The van der Waals surface area contributed by atoms with Crippen LogP contribution in [0.3, 0.4) is 0 Å². The Morgan fingerprint density at radius 1 is 1.00 bits per heavy atom. The van der Waals surface area contributed by atoms with Crippen molar-refractivity contribution < 1.29 is 4.74 Å². The maximum Gasteiger partial charge on any atom is 0.0620 e. The van der Waals surface area contributed by atoms with Crippen molar-refractivity contribution in [3.05, 3.63) is 0 Å². The zero-order valence-electron chi connectivity index (χ0n) is 6.31. The van der Waals surface area contributed by atoms with E-state index in [9.17, 15) is 0 Å². The highest BCUT2D eigenvalue weighted by molar-refractivity contribution is 4.81. The lowest BCUT2D eigenvalue weighted by Crippen LogP contribution is -2.47. The van der Waals surface area contributed by atoms with Crippen molar-refractivity contribution in [2.24, 2.45) is 0 Å². The number of hydrogen-bond acceptors (Lipinski definition) is 2. The third kappa shape index (κ3) is 1.32. The summed E-state index contributed by atoms with van der Waals surface area (Å²) >= 11 is 0. The zero-order valence-corrected chi connectivity index (χ0v) is 6.31. The van der Waals surface area contributed by atoms with E-state index in [1.165, 1.54) is 25.7 Å². The summed E-state index contributed by atoms with van der Waals surface area (Å²) in [6.07, 6.45) is 5.40. The molecule has 0 aromatic rings. The predicted molar refractivity (Wildman–Crippen MR) is 40.0 cm³/mol. The van der Waals surface area contributed by atoms with E-state index in [-0.39, 0.29) is 0 Å². The van der Waals surface area contributed by atoms with E-state index >= 15 is 0 Å². The molecule has 0 amide bonds. The number of hydrogen-bond donors (Lipinski definition) is 1. The van der Waals surface area contributed by atoms with Crippen molar-refractivity contribution in [3.8, 4) is 0 Å². The van der Waals surface area contributed by atoms with Crippen molar-refractivity contribution in [3.63, 3.8) is 0 Å². The topological polar surface area (TPSA) is 21.3 Å². The van der Waals surface area contributed by atoms with Crippen molar-refractivity contribution in [1.29, 1.82) is 0 Å². The van der Waals surface area contributed by atoms with Crippen molar-refractivity contribution in [1.82, 2.24) is 5.32 Å². The highest BCUT2D eigenvalue weighted by Crippen LogP contribution is 2.16. The molecule has 2 aliphatic heterocycles. The van der Waals surface area contributed by atoms with Gasteiger partial charge in [0.05, 0.1) is 13.2 Å². The average Bonchev–Trinajstić information content (AvgIpc) is 2.12. The van der Waals surface area contributed by atoms with Gasteiger partial charge in [0.2, 0.25) is 0 Å². The summed E-state index contributed by atoms with van der Waals surface area (Å²) in [6, 6.07) is 1.34. The first-order chi connectivity index (χ1) is 4.95. The first-order valence-corrected chi connectivity index (χ1v) is 4.29. The van der Waals surface area contributed by atoms with Crippen LogP contribution >= 0.6 is 0 Å². The van der Waals surface area contributed by atoms with Crippen molar-refractivity contribution >= 4 is 0 Å². The molecule has 2 fully saturated rings. The summed E-state index contributed by atoms with van der Waals surface area (Å²) in [5, 5.41) is 3.59. The Hall–Kier alpha value is -0.0800. The van der Waals surface area contributed by atoms with Gasteiger partial charge in [-0.3, -0.25) is 0 Å². The Labute approximate surface area is 61.9 Å². The standard InChI is InChI=1S/C8H15NO/c1-2-4-8-6-10-5-7(3-1)9-8/h7-9H,1-6H2. The van der Waals surface area contributed by atoms with Crippen LogP contribution in [0.4, 0.5) is 0 Å². The third-order valence-corrected chi connectivity index (χ3v) is 2.46. The van der Waals surface area contributed by atoms with Crippen molar-refractivity contribution in [2.45, 2.75) is 37.8 Å². The largest absolute Gasteiger partial charge is 0.378 e. The summed E-state index contributed by atoms with van der Waals surface area (Å²) in [7, 11) is 0. The summed E-state index contributed by atoms with van der Waals surface area (Å²) in [5.41, 5.74) is 0. The number of rotatable bonds is 0. The van der Waals surface area contributed by atoms with Crippen molar-refractivity contribution in [2.75, 3.05) is 13.2 Å².